The van der Waals surface area contributed by atoms with Crippen molar-refractivity contribution in [1.29, 1.82) is 0 Å². The highest BCUT2D eigenvalue weighted by atomic mass is 16.6. The van der Waals surface area contributed by atoms with E-state index >= 15 is 0 Å². The molecule has 0 saturated heterocycles. The van der Waals surface area contributed by atoms with Crippen LogP contribution in [0.15, 0.2) is 18.2 Å². The molecule has 0 saturated carbocycles. The fraction of sp³-hybridized carbons (Fsp3) is 0.609. The molecule has 1 aromatic carbocycles. The lowest BCUT2D eigenvalue weighted by atomic mass is 10.1. The summed E-state index contributed by atoms with van der Waals surface area (Å²) >= 11 is 0. The van der Waals surface area contributed by atoms with Crippen LogP contribution in [-0.4, -0.2) is 88.1 Å². The van der Waals surface area contributed by atoms with Gasteiger partial charge in [0, 0.05) is 24.5 Å². The molecule has 10 nitrogen and oxygen atoms in total. The van der Waals surface area contributed by atoms with E-state index in [1.807, 2.05) is 38.0 Å². The Kier molecular flexibility index (Phi) is 11.7. The van der Waals surface area contributed by atoms with Crippen LogP contribution in [0.5, 0.6) is 0 Å². The molecule has 0 heterocycles. The molecule has 0 atom stereocenters. The molecule has 2 amide bonds. The highest BCUT2D eigenvalue weighted by molar-refractivity contribution is 5.96. The highest BCUT2D eigenvalue weighted by Gasteiger charge is 2.20. The maximum atomic E-state index is 12.6. The maximum absolute atomic E-state index is 12.6. The fourth-order valence-electron chi connectivity index (χ4n) is 2.63. The van der Waals surface area contributed by atoms with E-state index in [0.717, 1.165) is 13.1 Å². The average Bonchev–Trinajstić information content (AvgIpc) is 2.67. The van der Waals surface area contributed by atoms with Crippen molar-refractivity contribution in [3.8, 4) is 0 Å². The Balaban J connectivity index is 2.87. The van der Waals surface area contributed by atoms with Crippen LogP contribution in [0.2, 0.25) is 0 Å². The van der Waals surface area contributed by atoms with Gasteiger partial charge in [-0.2, -0.15) is 0 Å². The van der Waals surface area contributed by atoms with Gasteiger partial charge in [-0.05, 0) is 80.0 Å². The van der Waals surface area contributed by atoms with Crippen molar-refractivity contribution in [3.63, 3.8) is 0 Å². The number of esters is 1. The van der Waals surface area contributed by atoms with Gasteiger partial charge < -0.3 is 24.0 Å². The Morgan fingerprint density at radius 3 is 1.58 bits per heavy atom. The van der Waals surface area contributed by atoms with Gasteiger partial charge in [0.25, 0.3) is 0 Å². The van der Waals surface area contributed by atoms with Crippen LogP contribution in [0, 0.1) is 0 Å². The van der Waals surface area contributed by atoms with Crippen molar-refractivity contribution in [2.24, 2.45) is 0 Å². The van der Waals surface area contributed by atoms with Crippen LogP contribution in [0.25, 0.3) is 0 Å². The third kappa shape index (κ3) is 13.3. The number of carbonyl (C=O) groups is 3. The smallest absolute Gasteiger partial charge is 0.411 e. The summed E-state index contributed by atoms with van der Waals surface area (Å²) in [6.07, 6.45) is 0.0509. The molecule has 10 heteroatoms. The molecule has 0 unspecified atom stereocenters. The van der Waals surface area contributed by atoms with Crippen LogP contribution >= 0.6 is 0 Å². The number of nitrogens with zero attached hydrogens (tertiary/aromatic N) is 2. The van der Waals surface area contributed by atoms with Gasteiger partial charge in [0.15, 0.2) is 0 Å². The minimum absolute atomic E-state index is 0.165. The fourth-order valence-corrected chi connectivity index (χ4v) is 2.63. The van der Waals surface area contributed by atoms with E-state index in [4.69, 9.17) is 14.2 Å². The van der Waals surface area contributed by atoms with Crippen molar-refractivity contribution in [2.45, 2.75) is 39.2 Å². The van der Waals surface area contributed by atoms with E-state index in [1.165, 1.54) is 18.2 Å². The lowest BCUT2D eigenvalue weighted by molar-refractivity contribution is 0.00693. The second kappa shape index (κ2) is 13.6. The number of benzene rings is 1. The number of hydrogen-bond donors (Lipinski definition) is 2. The van der Waals surface area contributed by atoms with Gasteiger partial charge in [-0.25, -0.2) is 14.4 Å². The standard InChI is InChI=1S/C23H38N4O6/c1-23(2,3)33-20(28)17-14-18(24-21(29)31-12-8-10-26(4)5)16-19(15-17)25-22(30)32-13-9-11-27(6)7/h14-16H,8-13H2,1-7H3,(H,24,29)(H,25,30). The van der Waals surface area contributed by atoms with E-state index in [9.17, 15) is 14.4 Å². The number of hydrogen-bond acceptors (Lipinski definition) is 8. The highest BCUT2D eigenvalue weighted by Crippen LogP contribution is 2.22. The molecule has 0 spiro atoms. The zero-order valence-corrected chi connectivity index (χ0v) is 20.8. The first kappa shape index (κ1) is 28.2. The summed E-state index contributed by atoms with van der Waals surface area (Å²) in [6.45, 7) is 7.33. The Hall–Kier alpha value is -2.85. The second-order valence-electron chi connectivity index (χ2n) is 9.14. The van der Waals surface area contributed by atoms with Gasteiger partial charge in [0.05, 0.1) is 18.8 Å². The minimum atomic E-state index is -0.704. The predicted molar refractivity (Wildman–Crippen MR) is 128 cm³/mol. The molecular formula is C23H38N4O6. The summed E-state index contributed by atoms with van der Waals surface area (Å²) in [5, 5.41) is 5.17. The van der Waals surface area contributed by atoms with Gasteiger partial charge >= 0.3 is 18.2 Å². The van der Waals surface area contributed by atoms with Crippen LogP contribution in [0.1, 0.15) is 44.0 Å². The third-order valence-corrected chi connectivity index (χ3v) is 4.03. The average molecular weight is 467 g/mol. The zero-order chi connectivity index (χ0) is 25.0. The summed E-state index contributed by atoms with van der Waals surface area (Å²) in [5.41, 5.74) is 0.0150. The molecule has 0 bridgehead atoms. The van der Waals surface area contributed by atoms with Gasteiger partial charge in [-0.3, -0.25) is 10.6 Å². The number of anilines is 2. The van der Waals surface area contributed by atoms with Gasteiger partial charge in [-0.1, -0.05) is 0 Å². The van der Waals surface area contributed by atoms with Crippen molar-refractivity contribution < 1.29 is 28.6 Å². The molecule has 2 N–H and O–H groups in total. The van der Waals surface area contributed by atoms with Crippen LogP contribution in [0.4, 0.5) is 21.0 Å². The first-order valence-electron chi connectivity index (χ1n) is 10.9. The monoisotopic (exact) mass is 466 g/mol. The van der Waals surface area contributed by atoms with Crippen molar-refractivity contribution in [1.82, 2.24) is 9.80 Å². The first-order valence-corrected chi connectivity index (χ1v) is 10.9. The number of amides is 2. The number of nitrogens with one attached hydrogen (secondary N) is 2. The quantitative estimate of drug-likeness (QED) is 0.289. The molecule has 0 fully saturated rings. The maximum Gasteiger partial charge on any atom is 0.411 e. The zero-order valence-electron chi connectivity index (χ0n) is 20.8. The molecule has 1 aromatic rings. The van der Waals surface area contributed by atoms with E-state index in [2.05, 4.69) is 10.6 Å². The number of carbonyl (C=O) groups excluding carboxylic acids is 3. The van der Waals surface area contributed by atoms with Crippen LogP contribution in [0.3, 0.4) is 0 Å². The first-order chi connectivity index (χ1) is 15.4. The summed E-state index contributed by atoms with van der Waals surface area (Å²) in [4.78, 5) is 40.8. The van der Waals surface area contributed by atoms with E-state index in [-0.39, 0.29) is 30.2 Å². The van der Waals surface area contributed by atoms with Gasteiger partial charge in [-0.15, -0.1) is 0 Å². The molecule has 0 aliphatic rings. The van der Waals surface area contributed by atoms with E-state index < -0.39 is 23.8 Å². The lowest BCUT2D eigenvalue weighted by Gasteiger charge is -2.20. The number of ether oxygens (including phenoxy) is 3. The summed E-state index contributed by atoms with van der Waals surface area (Å²) in [6, 6.07) is 4.43. The molecule has 0 aliphatic carbocycles. The van der Waals surface area contributed by atoms with Crippen LogP contribution < -0.4 is 10.6 Å². The molecular weight excluding hydrogens is 428 g/mol. The minimum Gasteiger partial charge on any atom is -0.456 e. The second-order valence-corrected chi connectivity index (χ2v) is 9.14. The number of rotatable bonds is 11. The lowest BCUT2D eigenvalue weighted by Crippen LogP contribution is -2.24. The third-order valence-electron chi connectivity index (χ3n) is 4.03. The van der Waals surface area contributed by atoms with Crippen LogP contribution in [-0.2, 0) is 14.2 Å². The normalized spacial score (nSPS) is 11.3. The Bertz CT molecular complexity index is 741. The van der Waals surface area contributed by atoms with Crippen molar-refractivity contribution in [3.05, 3.63) is 23.8 Å². The Morgan fingerprint density at radius 2 is 1.21 bits per heavy atom. The van der Waals surface area contributed by atoms with Crippen molar-refractivity contribution >= 4 is 29.5 Å². The summed E-state index contributed by atoms with van der Waals surface area (Å²) in [5.74, 6) is -0.590. The molecule has 186 valence electrons. The van der Waals surface area contributed by atoms with Gasteiger partial charge in [0.2, 0.25) is 0 Å². The topological polar surface area (TPSA) is 109 Å². The molecule has 33 heavy (non-hydrogen) atoms. The Labute approximate surface area is 196 Å². The summed E-state index contributed by atoms with van der Waals surface area (Å²) < 4.78 is 15.8. The van der Waals surface area contributed by atoms with E-state index in [0.29, 0.717) is 12.8 Å². The SMILES string of the molecule is CN(C)CCCOC(=O)Nc1cc(NC(=O)OCCCN(C)C)cc(C(=O)OC(C)(C)C)c1. The predicted octanol–water partition coefficient (Wildman–Crippen LogP) is 3.64. The Morgan fingerprint density at radius 1 is 0.788 bits per heavy atom. The summed E-state index contributed by atoms with van der Waals surface area (Å²) in [7, 11) is 7.74. The largest absolute Gasteiger partial charge is 0.456 e. The molecule has 0 radical (unpaired) electrons. The molecule has 1 rings (SSSR count). The molecule has 0 aliphatic heterocycles. The molecule has 0 aromatic heterocycles. The van der Waals surface area contributed by atoms with Gasteiger partial charge in [0.1, 0.15) is 5.60 Å². The van der Waals surface area contributed by atoms with E-state index in [1.54, 1.807) is 20.8 Å². The van der Waals surface area contributed by atoms with Crippen molar-refractivity contribution in [2.75, 3.05) is 65.1 Å².